The van der Waals surface area contributed by atoms with Crippen LogP contribution in [0.4, 0.5) is 8.78 Å². The van der Waals surface area contributed by atoms with E-state index in [9.17, 15) is 13.6 Å². The van der Waals surface area contributed by atoms with Crippen LogP contribution in [0.25, 0.3) is 0 Å². The number of aryl methyl sites for hydroxylation is 2. The van der Waals surface area contributed by atoms with E-state index in [0.717, 1.165) is 12.1 Å². The molecule has 0 fully saturated rings. The first-order valence-corrected chi connectivity index (χ1v) is 5.79. The Bertz CT molecular complexity index is 637. The lowest BCUT2D eigenvalue weighted by atomic mass is 10.0. The lowest BCUT2D eigenvalue weighted by molar-refractivity contribution is 0.0922. The summed E-state index contributed by atoms with van der Waals surface area (Å²) in [4.78, 5) is 16.3. The van der Waals surface area contributed by atoms with Gasteiger partial charge in [-0.25, -0.2) is 18.4 Å². The second-order valence-corrected chi connectivity index (χ2v) is 4.32. The van der Waals surface area contributed by atoms with Crippen LogP contribution < -0.4 is 0 Å². The van der Waals surface area contributed by atoms with Gasteiger partial charge in [0.15, 0.2) is 5.78 Å². The third-order valence-corrected chi connectivity index (χ3v) is 2.85. The number of ketones is 1. The van der Waals surface area contributed by atoms with Crippen LogP contribution in [0.5, 0.6) is 0 Å². The van der Waals surface area contributed by atoms with Crippen molar-refractivity contribution in [3.05, 3.63) is 47.0 Å². The Morgan fingerprint density at radius 3 is 2.53 bits per heavy atom. The summed E-state index contributed by atoms with van der Waals surface area (Å²) < 4.78 is 27.8. The number of aromatic nitrogens is 3. The average molecular weight is 265 g/mol. The van der Waals surface area contributed by atoms with Crippen LogP contribution in [0.1, 0.15) is 35.0 Å². The molecular formula is C13H13F2N3O. The van der Waals surface area contributed by atoms with Gasteiger partial charge in [-0.1, -0.05) is 0 Å². The van der Waals surface area contributed by atoms with E-state index in [-0.39, 0.29) is 5.56 Å². The molecule has 0 aliphatic heterocycles. The molecule has 1 heterocycles. The zero-order valence-electron chi connectivity index (χ0n) is 10.8. The number of nitrogens with zero attached hydrogens (tertiary/aromatic N) is 3. The van der Waals surface area contributed by atoms with Crippen molar-refractivity contribution >= 4 is 5.78 Å². The number of hydrogen-bond donors (Lipinski definition) is 0. The molecule has 1 atom stereocenters. The molecule has 0 saturated carbocycles. The van der Waals surface area contributed by atoms with E-state index < -0.39 is 23.5 Å². The van der Waals surface area contributed by atoms with E-state index in [1.807, 2.05) is 0 Å². The Labute approximate surface area is 109 Å². The van der Waals surface area contributed by atoms with Crippen LogP contribution in [-0.2, 0) is 0 Å². The van der Waals surface area contributed by atoms with Crippen molar-refractivity contribution < 1.29 is 13.6 Å². The molecule has 1 aromatic heterocycles. The SMILES string of the molecule is Cc1nc(C)n(C(C)C(=O)c2ccc(F)cc2F)n1. The maximum atomic E-state index is 13.6. The van der Waals surface area contributed by atoms with Gasteiger partial charge in [0, 0.05) is 6.07 Å². The summed E-state index contributed by atoms with van der Waals surface area (Å²) in [6.07, 6.45) is 0. The molecular weight excluding hydrogens is 252 g/mol. The maximum Gasteiger partial charge on any atom is 0.190 e. The molecule has 0 radical (unpaired) electrons. The maximum absolute atomic E-state index is 13.6. The molecule has 0 aliphatic rings. The van der Waals surface area contributed by atoms with Crippen molar-refractivity contribution in [1.82, 2.24) is 14.8 Å². The standard InChI is InChI=1S/C13H13F2N3O/c1-7(18-9(3)16-8(2)17-18)13(19)11-5-4-10(14)6-12(11)15/h4-7H,1-3H3. The van der Waals surface area contributed by atoms with E-state index in [1.165, 1.54) is 4.68 Å². The summed E-state index contributed by atoms with van der Waals surface area (Å²) in [5.41, 5.74) is -0.151. The van der Waals surface area contributed by atoms with E-state index in [4.69, 9.17) is 0 Å². The van der Waals surface area contributed by atoms with Gasteiger partial charge in [0.05, 0.1) is 5.56 Å². The molecule has 0 bridgehead atoms. The van der Waals surface area contributed by atoms with Crippen molar-refractivity contribution in [1.29, 1.82) is 0 Å². The highest BCUT2D eigenvalue weighted by atomic mass is 19.1. The summed E-state index contributed by atoms with van der Waals surface area (Å²) in [6.45, 7) is 5.02. The first-order chi connectivity index (χ1) is 8.90. The first-order valence-electron chi connectivity index (χ1n) is 5.79. The lowest BCUT2D eigenvalue weighted by Gasteiger charge is -2.12. The van der Waals surface area contributed by atoms with E-state index in [0.29, 0.717) is 17.7 Å². The van der Waals surface area contributed by atoms with Gasteiger partial charge in [-0.2, -0.15) is 5.10 Å². The zero-order chi connectivity index (χ0) is 14.2. The Kier molecular flexibility index (Phi) is 3.42. The fourth-order valence-electron chi connectivity index (χ4n) is 1.93. The zero-order valence-corrected chi connectivity index (χ0v) is 10.8. The first kappa shape index (κ1) is 13.3. The van der Waals surface area contributed by atoms with Crippen molar-refractivity contribution in [2.45, 2.75) is 26.8 Å². The molecule has 0 saturated heterocycles. The fraction of sp³-hybridized carbons (Fsp3) is 0.308. The molecule has 19 heavy (non-hydrogen) atoms. The molecule has 0 N–H and O–H groups in total. The molecule has 0 amide bonds. The van der Waals surface area contributed by atoms with Gasteiger partial charge >= 0.3 is 0 Å². The van der Waals surface area contributed by atoms with Crippen LogP contribution >= 0.6 is 0 Å². The molecule has 0 spiro atoms. The minimum absolute atomic E-state index is 0.151. The normalized spacial score (nSPS) is 12.5. The summed E-state index contributed by atoms with van der Waals surface area (Å²) in [6, 6.07) is 2.20. The average Bonchev–Trinajstić information content (AvgIpc) is 2.67. The number of rotatable bonds is 3. The molecule has 100 valence electrons. The van der Waals surface area contributed by atoms with Crippen LogP contribution in [-0.4, -0.2) is 20.5 Å². The Balaban J connectivity index is 2.36. The molecule has 4 nitrogen and oxygen atoms in total. The molecule has 2 rings (SSSR count). The number of carbonyl (C=O) groups excluding carboxylic acids is 1. The van der Waals surface area contributed by atoms with Gasteiger partial charge in [0.1, 0.15) is 29.3 Å². The predicted molar refractivity (Wildman–Crippen MR) is 64.9 cm³/mol. The van der Waals surface area contributed by atoms with Gasteiger partial charge in [0.2, 0.25) is 0 Å². The smallest absolute Gasteiger partial charge is 0.190 e. The van der Waals surface area contributed by atoms with Gasteiger partial charge < -0.3 is 0 Å². The van der Waals surface area contributed by atoms with E-state index in [2.05, 4.69) is 10.1 Å². The number of benzene rings is 1. The van der Waals surface area contributed by atoms with Crippen LogP contribution in [0.3, 0.4) is 0 Å². The Morgan fingerprint density at radius 1 is 1.32 bits per heavy atom. The minimum Gasteiger partial charge on any atom is -0.292 e. The van der Waals surface area contributed by atoms with Gasteiger partial charge in [-0.05, 0) is 32.9 Å². The number of Topliss-reactive ketones (excluding diaryl/α,β-unsaturated/α-hetero) is 1. The third kappa shape index (κ3) is 2.52. The lowest BCUT2D eigenvalue weighted by Crippen LogP contribution is -2.20. The Hall–Kier alpha value is -2.11. The van der Waals surface area contributed by atoms with Crippen LogP contribution in [0.15, 0.2) is 18.2 Å². The number of carbonyl (C=O) groups is 1. The van der Waals surface area contributed by atoms with Crippen LogP contribution in [0.2, 0.25) is 0 Å². The second-order valence-electron chi connectivity index (χ2n) is 4.32. The fourth-order valence-corrected chi connectivity index (χ4v) is 1.93. The van der Waals surface area contributed by atoms with Crippen molar-refractivity contribution in [3.8, 4) is 0 Å². The van der Waals surface area contributed by atoms with Crippen LogP contribution in [0, 0.1) is 25.5 Å². The minimum atomic E-state index is -0.869. The van der Waals surface area contributed by atoms with E-state index >= 15 is 0 Å². The molecule has 1 aromatic carbocycles. The summed E-state index contributed by atoms with van der Waals surface area (Å²) >= 11 is 0. The predicted octanol–water partition coefficient (Wildman–Crippen LogP) is 2.62. The summed E-state index contributed by atoms with van der Waals surface area (Å²) in [5.74, 6) is -0.941. The molecule has 0 aliphatic carbocycles. The molecule has 2 aromatic rings. The van der Waals surface area contributed by atoms with Crippen molar-refractivity contribution in [3.63, 3.8) is 0 Å². The highest BCUT2D eigenvalue weighted by Crippen LogP contribution is 2.18. The molecule has 1 unspecified atom stereocenters. The highest BCUT2D eigenvalue weighted by molar-refractivity contribution is 5.98. The number of halogens is 2. The quantitative estimate of drug-likeness (QED) is 0.801. The van der Waals surface area contributed by atoms with Crippen molar-refractivity contribution in [2.24, 2.45) is 0 Å². The second kappa shape index (κ2) is 4.87. The monoisotopic (exact) mass is 265 g/mol. The van der Waals surface area contributed by atoms with Gasteiger partial charge in [-0.3, -0.25) is 4.79 Å². The molecule has 6 heteroatoms. The topological polar surface area (TPSA) is 47.8 Å². The van der Waals surface area contributed by atoms with E-state index in [1.54, 1.807) is 20.8 Å². The number of hydrogen-bond acceptors (Lipinski definition) is 3. The largest absolute Gasteiger partial charge is 0.292 e. The Morgan fingerprint density at radius 2 is 2.00 bits per heavy atom. The highest BCUT2D eigenvalue weighted by Gasteiger charge is 2.23. The van der Waals surface area contributed by atoms with Gasteiger partial charge in [-0.15, -0.1) is 0 Å². The summed E-state index contributed by atoms with van der Waals surface area (Å²) in [7, 11) is 0. The summed E-state index contributed by atoms with van der Waals surface area (Å²) in [5, 5.41) is 4.09. The van der Waals surface area contributed by atoms with Gasteiger partial charge in [0.25, 0.3) is 0 Å². The third-order valence-electron chi connectivity index (χ3n) is 2.85. The van der Waals surface area contributed by atoms with Crippen molar-refractivity contribution in [2.75, 3.05) is 0 Å².